The number of piperidine rings is 1. The van der Waals surface area contributed by atoms with Crippen molar-refractivity contribution in [2.45, 2.75) is 56.5 Å². The Morgan fingerprint density at radius 1 is 1.20 bits per heavy atom. The molecule has 3 atom stereocenters. The van der Waals surface area contributed by atoms with Crippen molar-refractivity contribution in [3.8, 4) is 0 Å². The average Bonchev–Trinajstić information content (AvgIpc) is 2.74. The highest BCUT2D eigenvalue weighted by atomic mass is 16.2. The van der Waals surface area contributed by atoms with E-state index in [4.69, 9.17) is 0 Å². The predicted molar refractivity (Wildman–Crippen MR) is 81.5 cm³/mol. The molecule has 2 aliphatic rings. The molecule has 2 fully saturated rings. The number of rotatable bonds is 4. The maximum atomic E-state index is 13.0. The van der Waals surface area contributed by atoms with Gasteiger partial charge in [0.05, 0.1) is 5.92 Å². The van der Waals surface area contributed by atoms with Gasteiger partial charge in [0.1, 0.15) is 0 Å². The van der Waals surface area contributed by atoms with Crippen LogP contribution in [0.1, 0.15) is 50.0 Å². The van der Waals surface area contributed by atoms with Crippen LogP contribution in [0.15, 0.2) is 43.0 Å². The zero-order chi connectivity index (χ0) is 13.9. The normalized spacial score (nSPS) is 26.3. The zero-order valence-corrected chi connectivity index (χ0v) is 12.0. The summed E-state index contributed by atoms with van der Waals surface area (Å²) in [7, 11) is 0. The standard InChI is InChI=1S/C18H23NO/c1-2-7-17(14-8-4-3-5-9-14)18(20)19-15-10-6-11-16(19)13-12-15/h2-5,8-9,15-17H,1,6-7,10-13H2/t15-,16?,17?/m1/s1. The molecule has 2 bridgehead atoms. The summed E-state index contributed by atoms with van der Waals surface area (Å²) >= 11 is 0. The molecule has 3 rings (SSSR count). The van der Waals surface area contributed by atoms with Gasteiger partial charge in [-0.2, -0.15) is 0 Å². The summed E-state index contributed by atoms with van der Waals surface area (Å²) in [6, 6.07) is 11.2. The minimum atomic E-state index is -0.0464. The van der Waals surface area contributed by atoms with E-state index in [2.05, 4.69) is 23.6 Å². The number of carbonyl (C=O) groups is 1. The second kappa shape index (κ2) is 5.82. The largest absolute Gasteiger partial charge is 0.336 e. The molecule has 2 aliphatic heterocycles. The van der Waals surface area contributed by atoms with Crippen molar-refractivity contribution in [2.75, 3.05) is 0 Å². The Kier molecular flexibility index (Phi) is 3.90. The maximum absolute atomic E-state index is 13.0. The molecule has 2 heterocycles. The number of benzene rings is 1. The minimum Gasteiger partial charge on any atom is -0.336 e. The van der Waals surface area contributed by atoms with E-state index in [0.717, 1.165) is 12.0 Å². The first-order valence-corrected chi connectivity index (χ1v) is 7.79. The molecule has 0 saturated carbocycles. The lowest BCUT2D eigenvalue weighted by Gasteiger charge is -2.37. The van der Waals surface area contributed by atoms with Crippen molar-refractivity contribution in [2.24, 2.45) is 0 Å². The molecule has 0 aromatic heterocycles. The molecular formula is C18H23NO. The van der Waals surface area contributed by atoms with Crippen LogP contribution < -0.4 is 0 Å². The Morgan fingerprint density at radius 3 is 2.45 bits per heavy atom. The summed E-state index contributed by atoms with van der Waals surface area (Å²) in [5, 5.41) is 0. The summed E-state index contributed by atoms with van der Waals surface area (Å²) in [4.78, 5) is 15.2. The van der Waals surface area contributed by atoms with E-state index in [0.29, 0.717) is 18.0 Å². The second-order valence-corrected chi connectivity index (χ2v) is 6.05. The molecule has 1 aromatic carbocycles. The summed E-state index contributed by atoms with van der Waals surface area (Å²) in [6.07, 6.45) is 8.68. The summed E-state index contributed by atoms with van der Waals surface area (Å²) in [6.45, 7) is 3.84. The van der Waals surface area contributed by atoms with Gasteiger partial charge in [0, 0.05) is 12.1 Å². The van der Waals surface area contributed by atoms with Crippen LogP contribution in [0.3, 0.4) is 0 Å². The summed E-state index contributed by atoms with van der Waals surface area (Å²) in [5.41, 5.74) is 1.13. The molecule has 2 unspecified atom stereocenters. The molecule has 2 nitrogen and oxygen atoms in total. The van der Waals surface area contributed by atoms with Gasteiger partial charge in [0.25, 0.3) is 0 Å². The topological polar surface area (TPSA) is 20.3 Å². The predicted octanol–water partition coefficient (Wildman–Crippen LogP) is 3.89. The van der Waals surface area contributed by atoms with Gasteiger partial charge in [-0.15, -0.1) is 6.58 Å². The van der Waals surface area contributed by atoms with Crippen LogP contribution in [0, 0.1) is 0 Å². The highest BCUT2D eigenvalue weighted by Crippen LogP contribution is 2.38. The highest BCUT2D eigenvalue weighted by Gasteiger charge is 2.41. The third-order valence-electron chi connectivity index (χ3n) is 4.85. The molecule has 2 heteroatoms. The average molecular weight is 269 g/mol. The Bertz CT molecular complexity index is 465. The van der Waals surface area contributed by atoms with Gasteiger partial charge in [0.2, 0.25) is 5.91 Å². The van der Waals surface area contributed by atoms with Gasteiger partial charge >= 0.3 is 0 Å². The maximum Gasteiger partial charge on any atom is 0.230 e. The van der Waals surface area contributed by atoms with E-state index in [9.17, 15) is 4.79 Å². The van der Waals surface area contributed by atoms with Crippen molar-refractivity contribution in [1.82, 2.24) is 4.90 Å². The molecule has 2 saturated heterocycles. The number of fused-ring (bicyclic) bond motifs is 2. The monoisotopic (exact) mass is 269 g/mol. The Morgan fingerprint density at radius 2 is 1.85 bits per heavy atom. The molecule has 0 aliphatic carbocycles. The quantitative estimate of drug-likeness (QED) is 0.759. The molecule has 20 heavy (non-hydrogen) atoms. The number of nitrogens with zero attached hydrogens (tertiary/aromatic N) is 1. The SMILES string of the molecule is C=CCC(C(=O)N1C2CCC[C@@H]1CC2)c1ccccc1. The van der Waals surface area contributed by atoms with Crippen molar-refractivity contribution in [3.63, 3.8) is 0 Å². The number of hydrogen-bond donors (Lipinski definition) is 0. The minimum absolute atomic E-state index is 0.0464. The number of hydrogen-bond acceptors (Lipinski definition) is 1. The summed E-state index contributed by atoms with van der Waals surface area (Å²) in [5.74, 6) is 0.276. The Labute approximate surface area is 121 Å². The lowest BCUT2D eigenvalue weighted by molar-refractivity contribution is -0.137. The Balaban J connectivity index is 1.84. The van der Waals surface area contributed by atoms with Gasteiger partial charge in [0.15, 0.2) is 0 Å². The molecule has 0 radical (unpaired) electrons. The van der Waals surface area contributed by atoms with Gasteiger partial charge in [-0.05, 0) is 44.1 Å². The van der Waals surface area contributed by atoms with Crippen molar-refractivity contribution in [3.05, 3.63) is 48.6 Å². The molecular weight excluding hydrogens is 246 g/mol. The fraction of sp³-hybridized carbons (Fsp3) is 0.500. The summed E-state index contributed by atoms with van der Waals surface area (Å²) < 4.78 is 0. The molecule has 1 aromatic rings. The van der Waals surface area contributed by atoms with E-state index in [-0.39, 0.29) is 5.92 Å². The van der Waals surface area contributed by atoms with Crippen molar-refractivity contribution < 1.29 is 4.79 Å². The van der Waals surface area contributed by atoms with Crippen LogP contribution in [0.5, 0.6) is 0 Å². The van der Waals surface area contributed by atoms with E-state index in [1.165, 1.54) is 32.1 Å². The van der Waals surface area contributed by atoms with E-state index < -0.39 is 0 Å². The van der Waals surface area contributed by atoms with Crippen LogP contribution >= 0.6 is 0 Å². The first-order chi connectivity index (χ1) is 9.81. The van der Waals surface area contributed by atoms with Crippen molar-refractivity contribution >= 4 is 5.91 Å². The number of amides is 1. The van der Waals surface area contributed by atoms with E-state index in [1.54, 1.807) is 0 Å². The fourth-order valence-electron chi connectivity index (χ4n) is 3.89. The van der Waals surface area contributed by atoms with Crippen LogP contribution in [0.25, 0.3) is 0 Å². The Hall–Kier alpha value is -1.57. The van der Waals surface area contributed by atoms with Crippen LogP contribution in [0.2, 0.25) is 0 Å². The highest BCUT2D eigenvalue weighted by molar-refractivity contribution is 5.85. The van der Waals surface area contributed by atoms with Gasteiger partial charge in [-0.1, -0.05) is 36.4 Å². The third kappa shape index (κ3) is 2.39. The molecule has 106 valence electrons. The van der Waals surface area contributed by atoms with E-state index >= 15 is 0 Å². The first kappa shape index (κ1) is 13.4. The molecule has 1 amide bonds. The van der Waals surface area contributed by atoms with Gasteiger partial charge in [-0.3, -0.25) is 4.79 Å². The first-order valence-electron chi connectivity index (χ1n) is 7.79. The lowest BCUT2D eigenvalue weighted by atomic mass is 9.92. The van der Waals surface area contributed by atoms with E-state index in [1.807, 2.05) is 24.3 Å². The third-order valence-corrected chi connectivity index (χ3v) is 4.85. The van der Waals surface area contributed by atoms with Crippen LogP contribution in [-0.2, 0) is 4.79 Å². The zero-order valence-electron chi connectivity index (χ0n) is 12.0. The lowest BCUT2D eigenvalue weighted by Crippen LogP contribution is -2.46. The second-order valence-electron chi connectivity index (χ2n) is 6.05. The number of allylic oxidation sites excluding steroid dienone is 1. The van der Waals surface area contributed by atoms with Gasteiger partial charge in [-0.25, -0.2) is 0 Å². The smallest absolute Gasteiger partial charge is 0.230 e. The number of carbonyl (C=O) groups excluding carboxylic acids is 1. The van der Waals surface area contributed by atoms with Crippen LogP contribution in [0.4, 0.5) is 0 Å². The van der Waals surface area contributed by atoms with Gasteiger partial charge < -0.3 is 4.90 Å². The van der Waals surface area contributed by atoms with Crippen LogP contribution in [-0.4, -0.2) is 22.9 Å². The fourth-order valence-corrected chi connectivity index (χ4v) is 3.89. The molecule has 0 N–H and O–H groups in total. The molecule has 0 spiro atoms. The van der Waals surface area contributed by atoms with Crippen molar-refractivity contribution in [1.29, 1.82) is 0 Å².